The number of para-hydroxylation sites is 3. The monoisotopic (exact) mass is 831 g/mol. The molecule has 6 aromatic rings. The van der Waals surface area contributed by atoms with Crippen LogP contribution in [0.4, 0.5) is 34.1 Å². The van der Waals surface area contributed by atoms with Crippen molar-refractivity contribution >= 4 is 34.1 Å². The van der Waals surface area contributed by atoms with Crippen molar-refractivity contribution in [1.82, 2.24) is 0 Å². The van der Waals surface area contributed by atoms with Crippen LogP contribution >= 0.6 is 0 Å². The number of hydrogen-bond donors (Lipinski definition) is 0. The Balaban J connectivity index is 0.00000392. The van der Waals surface area contributed by atoms with Crippen LogP contribution in [0.3, 0.4) is 0 Å². The first kappa shape index (κ1) is 33.3. The van der Waals surface area contributed by atoms with Crippen LogP contribution in [0.1, 0.15) is 26.3 Å². The Kier molecular flexibility index (Phi) is 9.27. The summed E-state index contributed by atoms with van der Waals surface area (Å²) in [7, 11) is 0. The van der Waals surface area contributed by atoms with Gasteiger partial charge >= 0.3 is 21.1 Å². The summed E-state index contributed by atoms with van der Waals surface area (Å²) in [6.07, 6.45) is 4.05. The van der Waals surface area contributed by atoms with Gasteiger partial charge in [-0.3, -0.25) is 0 Å². The fourth-order valence-electron chi connectivity index (χ4n) is 6.21. The van der Waals surface area contributed by atoms with Gasteiger partial charge in [0.15, 0.2) is 0 Å². The molecule has 0 saturated carbocycles. The molecule has 0 N–H and O–H groups in total. The van der Waals surface area contributed by atoms with E-state index in [9.17, 15) is 0 Å². The van der Waals surface area contributed by atoms with Gasteiger partial charge in [0.1, 0.15) is 0 Å². The third kappa shape index (κ3) is 6.66. The molecule has 2 aliphatic heterocycles. The van der Waals surface area contributed by atoms with E-state index in [0.717, 1.165) is 34.1 Å². The van der Waals surface area contributed by atoms with Crippen LogP contribution in [-0.2, 0) is 26.5 Å². The van der Waals surface area contributed by atoms with Crippen LogP contribution in [0.25, 0.3) is 11.1 Å². The second kappa shape index (κ2) is 13.9. The Morgan fingerprint density at radius 1 is 0.540 bits per heavy atom. The molecule has 6 aromatic carbocycles. The molecule has 0 bridgehead atoms. The summed E-state index contributed by atoms with van der Waals surface area (Å²) in [5, 5.41) is 0. The smallest absolute Gasteiger partial charge is 0.509 e. The van der Waals surface area contributed by atoms with E-state index in [1.807, 2.05) is 72.5 Å². The number of ether oxygens (including phenoxy) is 1. The van der Waals surface area contributed by atoms with E-state index < -0.39 is 0 Å². The van der Waals surface area contributed by atoms with Crippen molar-refractivity contribution in [1.29, 1.82) is 0 Å². The summed E-state index contributed by atoms with van der Waals surface area (Å²) in [6.45, 7) is 11.0. The maximum Gasteiger partial charge on any atom is 4.00 e. The third-order valence-corrected chi connectivity index (χ3v) is 8.79. The molecule has 0 spiro atoms. The third-order valence-electron chi connectivity index (χ3n) is 8.79. The molecule has 8 rings (SSSR count). The number of hydrogen-bond acceptors (Lipinski definition) is 5. The molecular weight excluding hydrogens is 796 g/mol. The first-order valence-corrected chi connectivity index (χ1v) is 16.5. The van der Waals surface area contributed by atoms with Crippen molar-refractivity contribution in [3.8, 4) is 22.6 Å². The van der Waals surface area contributed by atoms with E-state index in [0.29, 0.717) is 11.5 Å². The van der Waals surface area contributed by atoms with Gasteiger partial charge in [0, 0.05) is 39.8 Å². The molecule has 0 atom stereocenters. The molecule has 2 heterocycles. The summed E-state index contributed by atoms with van der Waals surface area (Å²) < 4.78 is 6.38. The molecule has 248 valence electrons. The molecule has 5 nitrogen and oxygen atoms in total. The second-order valence-corrected chi connectivity index (χ2v) is 13.2. The normalized spacial score (nSPS) is 13.7. The maximum atomic E-state index is 6.38. The molecular formula is C44H36N4OPt. The number of rotatable bonds is 7. The van der Waals surface area contributed by atoms with Gasteiger partial charge < -0.3 is 24.3 Å². The van der Waals surface area contributed by atoms with E-state index in [1.165, 1.54) is 16.7 Å². The minimum Gasteiger partial charge on any atom is -0.509 e. The summed E-state index contributed by atoms with van der Waals surface area (Å²) in [6, 6.07) is 55.1. The van der Waals surface area contributed by atoms with Gasteiger partial charge in [-0.05, 0) is 59.3 Å². The first-order chi connectivity index (χ1) is 23.9. The van der Waals surface area contributed by atoms with E-state index in [2.05, 4.69) is 145 Å². The number of benzene rings is 6. The van der Waals surface area contributed by atoms with Crippen molar-refractivity contribution in [2.75, 3.05) is 19.6 Å². The van der Waals surface area contributed by atoms with Crippen molar-refractivity contribution in [3.63, 3.8) is 0 Å². The van der Waals surface area contributed by atoms with E-state index >= 15 is 0 Å². The molecule has 0 aliphatic carbocycles. The molecule has 6 heteroatoms. The topological polar surface area (TPSA) is 22.2 Å². The average Bonchev–Trinajstić information content (AvgIpc) is 3.79. The van der Waals surface area contributed by atoms with Crippen molar-refractivity contribution in [2.45, 2.75) is 26.2 Å². The number of fused-ring (bicyclic) bond motifs is 1. The number of anilines is 6. The van der Waals surface area contributed by atoms with Crippen molar-refractivity contribution in [3.05, 3.63) is 183 Å². The minimum absolute atomic E-state index is 0. The van der Waals surface area contributed by atoms with Crippen LogP contribution < -0.4 is 24.3 Å². The van der Waals surface area contributed by atoms with Gasteiger partial charge in [-0.15, -0.1) is 61.1 Å². The minimum atomic E-state index is 0. The SMILES string of the molecule is CC(C)(C)c1ccc(-c2ccccc2)c(N2[CH-]N(c3[c-]c(Oc4[c-]c(N5C=CN(c6ccccc6)[CH-]5)ccc4)ccc3)c3ccccc32)c1.[Pt+4]. The Bertz CT molecular complexity index is 2130. The van der Waals surface area contributed by atoms with Crippen LogP contribution in [0, 0.1) is 25.5 Å². The van der Waals surface area contributed by atoms with Crippen molar-refractivity contribution in [2.24, 2.45) is 0 Å². The quantitative estimate of drug-likeness (QED) is 0.149. The van der Waals surface area contributed by atoms with Gasteiger partial charge in [-0.1, -0.05) is 93.6 Å². The van der Waals surface area contributed by atoms with Gasteiger partial charge in [0.05, 0.1) is 0 Å². The van der Waals surface area contributed by atoms with Crippen molar-refractivity contribution < 1.29 is 25.8 Å². The van der Waals surface area contributed by atoms with Crippen LogP contribution in [0.15, 0.2) is 152 Å². The van der Waals surface area contributed by atoms with Gasteiger partial charge in [0.2, 0.25) is 0 Å². The molecule has 2 aliphatic rings. The molecule has 0 amide bonds. The van der Waals surface area contributed by atoms with Gasteiger partial charge in [-0.2, -0.15) is 12.1 Å². The molecule has 50 heavy (non-hydrogen) atoms. The zero-order chi connectivity index (χ0) is 33.4. The zero-order valence-corrected chi connectivity index (χ0v) is 30.4. The van der Waals surface area contributed by atoms with Gasteiger partial charge in [0.25, 0.3) is 0 Å². The van der Waals surface area contributed by atoms with E-state index in [-0.39, 0.29) is 26.5 Å². The maximum absolute atomic E-state index is 6.38. The van der Waals surface area contributed by atoms with Crippen LogP contribution in [0.2, 0.25) is 0 Å². The summed E-state index contributed by atoms with van der Waals surface area (Å²) >= 11 is 0. The fourth-order valence-corrected chi connectivity index (χ4v) is 6.21. The second-order valence-electron chi connectivity index (χ2n) is 13.2. The zero-order valence-electron chi connectivity index (χ0n) is 28.1. The molecule has 0 radical (unpaired) electrons. The van der Waals surface area contributed by atoms with E-state index in [4.69, 9.17) is 4.74 Å². The summed E-state index contributed by atoms with van der Waals surface area (Å²) in [5.41, 5.74) is 9.80. The van der Waals surface area contributed by atoms with Crippen LogP contribution in [-0.4, -0.2) is 0 Å². The summed E-state index contributed by atoms with van der Waals surface area (Å²) in [5.74, 6) is 1.23. The molecule has 0 unspecified atom stereocenters. The Morgan fingerprint density at radius 3 is 1.84 bits per heavy atom. The Morgan fingerprint density at radius 2 is 1.14 bits per heavy atom. The number of nitrogens with zero attached hydrogens (tertiary/aromatic N) is 4. The molecule has 0 saturated heterocycles. The predicted molar refractivity (Wildman–Crippen MR) is 201 cm³/mol. The Hall–Kier alpha value is -5.25. The fraction of sp³-hybridized carbons (Fsp3) is 0.0909. The first-order valence-electron chi connectivity index (χ1n) is 16.5. The van der Waals surface area contributed by atoms with Crippen LogP contribution in [0.5, 0.6) is 11.5 Å². The predicted octanol–water partition coefficient (Wildman–Crippen LogP) is 11.4. The van der Waals surface area contributed by atoms with Gasteiger partial charge in [-0.25, -0.2) is 0 Å². The summed E-state index contributed by atoms with van der Waals surface area (Å²) in [4.78, 5) is 8.59. The van der Waals surface area contributed by atoms with E-state index in [1.54, 1.807) is 0 Å². The standard InChI is InChI=1S/C44H36N4O.Pt/c1-44(2,3)34-24-25-40(33-14-6-4-7-15-33)43(28-34)48-32-47(41-22-10-11-23-42(41)48)37-19-13-21-39(30-37)49-38-20-12-18-36(29-38)46-27-26-45(31-46)35-16-8-5-9-17-35;/h4-28,31-32H,1-3H3;/q-4;+4. The molecule has 0 aromatic heterocycles. The average molecular weight is 832 g/mol. The Labute approximate surface area is 309 Å². The largest absolute Gasteiger partial charge is 4.00 e. The molecule has 0 fully saturated rings.